The first-order valence-electron chi connectivity index (χ1n) is 6.17. The molecule has 0 unspecified atom stereocenters. The highest BCUT2D eigenvalue weighted by Crippen LogP contribution is 2.29. The van der Waals surface area contributed by atoms with Crippen LogP contribution in [0.15, 0.2) is 42.5 Å². The number of hydrogen-bond acceptors (Lipinski definition) is 1. The molecule has 0 saturated carbocycles. The number of benzene rings is 2. The van der Waals surface area contributed by atoms with Crippen LogP contribution < -0.4 is 5.32 Å². The van der Waals surface area contributed by atoms with E-state index in [1.165, 1.54) is 6.07 Å². The minimum absolute atomic E-state index is 0.0871. The van der Waals surface area contributed by atoms with Crippen LogP contribution in [-0.4, -0.2) is 5.91 Å². The maximum atomic E-state index is 13.4. The molecule has 2 aromatic rings. The predicted molar refractivity (Wildman–Crippen MR) is 70.1 cm³/mol. The van der Waals surface area contributed by atoms with E-state index in [4.69, 9.17) is 0 Å². The molecule has 0 fully saturated rings. The number of anilines is 1. The summed E-state index contributed by atoms with van der Waals surface area (Å²) in [5, 5.41) is 2.01. The average Bonchev–Trinajstić information content (AvgIpc) is 2.42. The molecule has 0 aliphatic carbocycles. The van der Waals surface area contributed by atoms with Gasteiger partial charge in [-0.25, -0.2) is 8.78 Å². The predicted octanol–water partition coefficient (Wildman–Crippen LogP) is 4.16. The van der Waals surface area contributed by atoms with Crippen molar-refractivity contribution in [3.63, 3.8) is 0 Å². The molecule has 2 nitrogen and oxygen atoms in total. The van der Waals surface area contributed by atoms with Gasteiger partial charge in [-0.1, -0.05) is 24.3 Å². The summed E-state index contributed by atoms with van der Waals surface area (Å²) in [5.41, 5.74) is -1.43. The van der Waals surface area contributed by atoms with Gasteiger partial charge in [0.15, 0.2) is 0 Å². The van der Waals surface area contributed by atoms with E-state index in [0.29, 0.717) is 0 Å². The Labute approximate surface area is 122 Å². The molecule has 0 aliphatic heterocycles. The zero-order valence-electron chi connectivity index (χ0n) is 11.0. The van der Waals surface area contributed by atoms with Crippen LogP contribution in [0, 0.1) is 11.6 Å². The highest BCUT2D eigenvalue weighted by Gasteiger charge is 2.30. The molecule has 0 atom stereocenters. The van der Waals surface area contributed by atoms with Crippen LogP contribution in [0.2, 0.25) is 0 Å². The molecule has 1 amide bonds. The van der Waals surface area contributed by atoms with Gasteiger partial charge in [0.25, 0.3) is 0 Å². The summed E-state index contributed by atoms with van der Waals surface area (Å²) in [6, 6.07) is 7.23. The fourth-order valence-corrected chi connectivity index (χ4v) is 1.84. The standard InChI is InChI=1S/C15H10F5NO/c16-11-5-2-6-12(17)14(11)21-13(22)8-9-3-1-4-10(7-9)15(18,19)20/h1-7H,8H2,(H,21,22). The lowest BCUT2D eigenvalue weighted by Crippen LogP contribution is -2.17. The third-order valence-electron chi connectivity index (χ3n) is 2.85. The van der Waals surface area contributed by atoms with Crippen LogP contribution in [0.1, 0.15) is 11.1 Å². The van der Waals surface area contributed by atoms with Crippen molar-refractivity contribution in [1.82, 2.24) is 0 Å². The van der Waals surface area contributed by atoms with Gasteiger partial charge in [-0.15, -0.1) is 0 Å². The van der Waals surface area contributed by atoms with Gasteiger partial charge in [0.1, 0.15) is 17.3 Å². The Bertz CT molecular complexity index is 676. The molecule has 0 radical (unpaired) electrons. The third kappa shape index (κ3) is 3.81. The molecule has 0 aliphatic rings. The van der Waals surface area contributed by atoms with Gasteiger partial charge in [0.05, 0.1) is 12.0 Å². The monoisotopic (exact) mass is 315 g/mol. The molecule has 0 bridgehead atoms. The van der Waals surface area contributed by atoms with Crippen LogP contribution in [0.4, 0.5) is 27.6 Å². The maximum absolute atomic E-state index is 13.4. The van der Waals surface area contributed by atoms with Crippen molar-refractivity contribution < 1.29 is 26.7 Å². The van der Waals surface area contributed by atoms with Crippen molar-refractivity contribution in [3.05, 3.63) is 65.2 Å². The number of halogens is 5. The van der Waals surface area contributed by atoms with Gasteiger partial charge < -0.3 is 5.32 Å². The smallest absolute Gasteiger partial charge is 0.321 e. The first kappa shape index (κ1) is 15.9. The van der Waals surface area contributed by atoms with E-state index in [9.17, 15) is 26.7 Å². The molecule has 7 heteroatoms. The molecule has 2 aromatic carbocycles. The van der Waals surface area contributed by atoms with Gasteiger partial charge in [0.2, 0.25) is 5.91 Å². The van der Waals surface area contributed by atoms with E-state index < -0.39 is 41.4 Å². The zero-order chi connectivity index (χ0) is 16.3. The highest BCUT2D eigenvalue weighted by atomic mass is 19.4. The Kier molecular flexibility index (Phi) is 4.44. The Morgan fingerprint density at radius 2 is 1.59 bits per heavy atom. The first-order chi connectivity index (χ1) is 10.3. The summed E-state index contributed by atoms with van der Waals surface area (Å²) in [4.78, 5) is 11.7. The number of alkyl halides is 3. The molecule has 1 N–H and O–H groups in total. The molecule has 0 spiro atoms. The molecular weight excluding hydrogens is 305 g/mol. The van der Waals surface area contributed by atoms with Crippen LogP contribution in [-0.2, 0) is 17.4 Å². The second kappa shape index (κ2) is 6.13. The number of amides is 1. The van der Waals surface area contributed by atoms with Crippen molar-refractivity contribution in [1.29, 1.82) is 0 Å². The van der Waals surface area contributed by atoms with E-state index in [0.717, 1.165) is 36.4 Å². The topological polar surface area (TPSA) is 29.1 Å². The summed E-state index contributed by atoms with van der Waals surface area (Å²) >= 11 is 0. The highest BCUT2D eigenvalue weighted by molar-refractivity contribution is 5.92. The second-order valence-corrected chi connectivity index (χ2v) is 4.52. The van der Waals surface area contributed by atoms with Crippen molar-refractivity contribution in [2.45, 2.75) is 12.6 Å². The Balaban J connectivity index is 2.13. The van der Waals surface area contributed by atoms with E-state index in [1.807, 2.05) is 5.32 Å². The van der Waals surface area contributed by atoms with Gasteiger partial charge in [-0.05, 0) is 23.8 Å². The number of para-hydroxylation sites is 1. The molecule has 0 heterocycles. The van der Waals surface area contributed by atoms with E-state index in [-0.39, 0.29) is 5.56 Å². The van der Waals surface area contributed by atoms with Crippen molar-refractivity contribution in [3.8, 4) is 0 Å². The van der Waals surface area contributed by atoms with Crippen LogP contribution >= 0.6 is 0 Å². The quantitative estimate of drug-likeness (QED) is 0.847. The summed E-state index contributed by atoms with van der Waals surface area (Å²) in [5.74, 6) is -2.74. The minimum atomic E-state index is -4.52. The van der Waals surface area contributed by atoms with Gasteiger partial charge in [0, 0.05) is 0 Å². The fraction of sp³-hybridized carbons (Fsp3) is 0.133. The molecule has 22 heavy (non-hydrogen) atoms. The van der Waals surface area contributed by atoms with Gasteiger partial charge in [-0.2, -0.15) is 13.2 Å². The number of rotatable bonds is 3. The summed E-state index contributed by atoms with van der Waals surface area (Å²) < 4.78 is 64.4. The Morgan fingerprint density at radius 3 is 2.18 bits per heavy atom. The Hall–Kier alpha value is -2.44. The number of carbonyl (C=O) groups excluding carboxylic acids is 1. The molecule has 0 aromatic heterocycles. The van der Waals surface area contributed by atoms with Gasteiger partial charge in [-0.3, -0.25) is 4.79 Å². The number of hydrogen-bond donors (Lipinski definition) is 1. The lowest BCUT2D eigenvalue weighted by atomic mass is 10.1. The number of carbonyl (C=O) groups is 1. The van der Waals surface area contributed by atoms with Crippen LogP contribution in [0.25, 0.3) is 0 Å². The minimum Gasteiger partial charge on any atom is -0.321 e. The van der Waals surface area contributed by atoms with E-state index >= 15 is 0 Å². The summed E-state index contributed by atoms with van der Waals surface area (Å²) in [6.45, 7) is 0. The summed E-state index contributed by atoms with van der Waals surface area (Å²) in [6.07, 6.45) is -4.96. The Morgan fingerprint density at radius 1 is 1.00 bits per heavy atom. The van der Waals surface area contributed by atoms with Crippen LogP contribution in [0.3, 0.4) is 0 Å². The van der Waals surface area contributed by atoms with Crippen LogP contribution in [0.5, 0.6) is 0 Å². The SMILES string of the molecule is O=C(Cc1cccc(C(F)(F)F)c1)Nc1c(F)cccc1F. The molecule has 116 valence electrons. The zero-order valence-corrected chi connectivity index (χ0v) is 11.0. The lowest BCUT2D eigenvalue weighted by molar-refractivity contribution is -0.137. The molecule has 2 rings (SSSR count). The largest absolute Gasteiger partial charge is 0.416 e. The second-order valence-electron chi connectivity index (χ2n) is 4.52. The maximum Gasteiger partial charge on any atom is 0.416 e. The van der Waals surface area contributed by atoms with Gasteiger partial charge >= 0.3 is 6.18 Å². The van der Waals surface area contributed by atoms with Crippen molar-refractivity contribution in [2.24, 2.45) is 0 Å². The normalized spacial score (nSPS) is 11.3. The van der Waals surface area contributed by atoms with E-state index in [1.54, 1.807) is 0 Å². The van der Waals surface area contributed by atoms with Crippen molar-refractivity contribution in [2.75, 3.05) is 5.32 Å². The first-order valence-corrected chi connectivity index (χ1v) is 6.17. The molecule has 0 saturated heterocycles. The molecular formula is C15H10F5NO. The average molecular weight is 315 g/mol. The lowest BCUT2D eigenvalue weighted by Gasteiger charge is -2.10. The third-order valence-corrected chi connectivity index (χ3v) is 2.85. The summed E-state index contributed by atoms with van der Waals surface area (Å²) in [7, 11) is 0. The number of nitrogens with one attached hydrogen (secondary N) is 1. The van der Waals surface area contributed by atoms with E-state index in [2.05, 4.69) is 0 Å². The van der Waals surface area contributed by atoms with Crippen molar-refractivity contribution >= 4 is 11.6 Å². The fourth-order valence-electron chi connectivity index (χ4n) is 1.84.